The van der Waals surface area contributed by atoms with Gasteiger partial charge in [0.25, 0.3) is 0 Å². The lowest BCUT2D eigenvalue weighted by Crippen LogP contribution is -1.86. The van der Waals surface area contributed by atoms with Gasteiger partial charge in [-0.25, -0.2) is 0 Å². The first-order valence-electron chi connectivity index (χ1n) is 6.27. The van der Waals surface area contributed by atoms with E-state index in [1.54, 1.807) is 5.57 Å². The predicted molar refractivity (Wildman–Crippen MR) is 74.6 cm³/mol. The first kappa shape index (κ1) is 11.9. The Hall–Kier alpha value is -0.560. The third-order valence-corrected chi connectivity index (χ3v) is 3.73. The maximum absolute atomic E-state index is 3.53. The zero-order valence-electron chi connectivity index (χ0n) is 9.93. The number of unbranched alkanes of at least 4 members (excludes halogenated alkanes) is 3. The summed E-state index contributed by atoms with van der Waals surface area (Å²) >= 11 is 3.53. The van der Waals surface area contributed by atoms with Crippen LogP contribution < -0.4 is 0 Å². The Morgan fingerprint density at radius 3 is 2.88 bits per heavy atom. The maximum Gasteiger partial charge on any atom is 0.0181 e. The molecule has 1 heteroatoms. The average Bonchev–Trinajstić information content (AvgIpc) is 2.66. The van der Waals surface area contributed by atoms with Gasteiger partial charge in [-0.1, -0.05) is 59.8 Å². The minimum Gasteiger partial charge on any atom is -0.0654 e. The molecule has 0 aliphatic heterocycles. The molecule has 0 fully saturated rings. The molecule has 0 N–H and O–H groups in total. The molecule has 16 heavy (non-hydrogen) atoms. The van der Waals surface area contributed by atoms with Crippen LogP contribution in [0.25, 0.3) is 6.08 Å². The Bertz CT molecular complexity index is 390. The number of rotatable bonds is 5. The summed E-state index contributed by atoms with van der Waals surface area (Å²) in [5.41, 5.74) is 4.53. The van der Waals surface area contributed by atoms with Crippen LogP contribution in [0.5, 0.6) is 0 Å². The molecule has 0 aromatic heterocycles. The van der Waals surface area contributed by atoms with Crippen molar-refractivity contribution in [3.63, 3.8) is 0 Å². The molecule has 1 aromatic carbocycles. The molecule has 0 amide bonds. The Morgan fingerprint density at radius 1 is 1.19 bits per heavy atom. The molecule has 0 saturated carbocycles. The van der Waals surface area contributed by atoms with E-state index in [1.165, 1.54) is 54.1 Å². The van der Waals surface area contributed by atoms with Gasteiger partial charge in [-0.05, 0) is 42.5 Å². The summed E-state index contributed by atoms with van der Waals surface area (Å²) in [7, 11) is 0. The van der Waals surface area contributed by atoms with Crippen LogP contribution in [0.15, 0.2) is 28.2 Å². The minimum atomic E-state index is 1.18. The monoisotopic (exact) mass is 278 g/mol. The molecule has 0 radical (unpaired) electrons. The summed E-state index contributed by atoms with van der Waals surface area (Å²) in [6.07, 6.45) is 10.3. The fourth-order valence-corrected chi connectivity index (χ4v) is 2.69. The summed E-state index contributed by atoms with van der Waals surface area (Å²) < 4.78 is 1.19. The number of benzene rings is 1. The predicted octanol–water partition coefficient (Wildman–Crippen LogP) is 5.36. The van der Waals surface area contributed by atoms with Gasteiger partial charge in [0.1, 0.15) is 0 Å². The van der Waals surface area contributed by atoms with Crippen LogP contribution in [0.2, 0.25) is 0 Å². The molecule has 86 valence electrons. The molecule has 0 saturated heterocycles. The zero-order valence-corrected chi connectivity index (χ0v) is 11.5. The molecular weight excluding hydrogens is 260 g/mol. The van der Waals surface area contributed by atoms with Crippen molar-refractivity contribution < 1.29 is 0 Å². The maximum atomic E-state index is 3.53. The van der Waals surface area contributed by atoms with E-state index in [1.807, 2.05) is 0 Å². The molecular formula is C15H19Br. The van der Waals surface area contributed by atoms with Crippen LogP contribution in [-0.4, -0.2) is 0 Å². The minimum absolute atomic E-state index is 1.18. The zero-order chi connectivity index (χ0) is 11.4. The number of hydrogen-bond acceptors (Lipinski definition) is 0. The van der Waals surface area contributed by atoms with Crippen LogP contribution >= 0.6 is 15.9 Å². The molecule has 0 spiro atoms. The number of fused-ring (bicyclic) bond motifs is 1. The second kappa shape index (κ2) is 5.67. The van der Waals surface area contributed by atoms with Crippen molar-refractivity contribution >= 4 is 22.0 Å². The fourth-order valence-electron chi connectivity index (χ4n) is 2.32. The number of halogens is 1. The highest BCUT2D eigenvalue weighted by molar-refractivity contribution is 9.10. The van der Waals surface area contributed by atoms with Gasteiger partial charge in [0.2, 0.25) is 0 Å². The summed E-state index contributed by atoms with van der Waals surface area (Å²) in [6, 6.07) is 6.62. The second-order valence-electron chi connectivity index (χ2n) is 4.63. The first-order chi connectivity index (χ1) is 7.79. The van der Waals surface area contributed by atoms with E-state index in [9.17, 15) is 0 Å². The lowest BCUT2D eigenvalue weighted by Gasteiger charge is -2.01. The van der Waals surface area contributed by atoms with Crippen molar-refractivity contribution in [2.45, 2.75) is 45.4 Å². The van der Waals surface area contributed by atoms with Crippen molar-refractivity contribution in [1.82, 2.24) is 0 Å². The molecule has 1 aliphatic carbocycles. The van der Waals surface area contributed by atoms with Crippen molar-refractivity contribution in [3.05, 3.63) is 39.4 Å². The van der Waals surface area contributed by atoms with Gasteiger partial charge in [-0.2, -0.15) is 0 Å². The first-order valence-corrected chi connectivity index (χ1v) is 7.07. The topological polar surface area (TPSA) is 0 Å². The molecule has 0 unspecified atom stereocenters. The Labute approximate surface area is 107 Å². The van der Waals surface area contributed by atoms with Gasteiger partial charge in [-0.15, -0.1) is 0 Å². The second-order valence-corrected chi connectivity index (χ2v) is 5.55. The average molecular weight is 279 g/mol. The molecule has 2 rings (SSSR count). The van der Waals surface area contributed by atoms with E-state index in [-0.39, 0.29) is 0 Å². The largest absolute Gasteiger partial charge is 0.0654 e. The van der Waals surface area contributed by atoms with Crippen LogP contribution in [0.3, 0.4) is 0 Å². The van der Waals surface area contributed by atoms with Crippen molar-refractivity contribution in [1.29, 1.82) is 0 Å². The van der Waals surface area contributed by atoms with Crippen molar-refractivity contribution in [2.24, 2.45) is 0 Å². The molecule has 0 heterocycles. The fraction of sp³-hybridized carbons (Fsp3) is 0.467. The molecule has 1 aromatic rings. The lowest BCUT2D eigenvalue weighted by atomic mass is 10.0. The van der Waals surface area contributed by atoms with E-state index in [0.717, 1.165) is 0 Å². The normalized spacial score (nSPS) is 13.8. The van der Waals surface area contributed by atoms with Crippen molar-refractivity contribution in [3.8, 4) is 0 Å². The van der Waals surface area contributed by atoms with Crippen LogP contribution in [0.1, 0.15) is 50.2 Å². The molecule has 1 aliphatic rings. The van der Waals surface area contributed by atoms with Gasteiger partial charge in [-0.3, -0.25) is 0 Å². The highest BCUT2D eigenvalue weighted by Crippen LogP contribution is 2.30. The third kappa shape index (κ3) is 2.98. The van der Waals surface area contributed by atoms with Crippen LogP contribution in [0.4, 0.5) is 0 Å². The van der Waals surface area contributed by atoms with Gasteiger partial charge in [0.15, 0.2) is 0 Å². The molecule has 0 bridgehead atoms. The van der Waals surface area contributed by atoms with Gasteiger partial charge in [0, 0.05) is 4.47 Å². The lowest BCUT2D eigenvalue weighted by molar-refractivity contribution is 0.662. The summed E-state index contributed by atoms with van der Waals surface area (Å²) in [5.74, 6) is 0. The quantitative estimate of drug-likeness (QED) is 0.636. The highest BCUT2D eigenvalue weighted by atomic mass is 79.9. The van der Waals surface area contributed by atoms with Gasteiger partial charge >= 0.3 is 0 Å². The molecule has 0 nitrogen and oxygen atoms in total. The Balaban J connectivity index is 1.89. The van der Waals surface area contributed by atoms with Gasteiger partial charge < -0.3 is 0 Å². The Kier molecular flexibility index (Phi) is 4.22. The van der Waals surface area contributed by atoms with E-state index < -0.39 is 0 Å². The smallest absolute Gasteiger partial charge is 0.0181 e. The van der Waals surface area contributed by atoms with Gasteiger partial charge in [0.05, 0.1) is 0 Å². The SMILES string of the molecule is CCCCCCC1=Cc2cc(Br)ccc2C1. The standard InChI is InChI=1S/C15H19Br/c1-2-3-4-5-6-12-9-13-7-8-15(16)11-14(13)10-12/h7-8,10-11H,2-6,9H2,1H3. The summed E-state index contributed by atoms with van der Waals surface area (Å²) in [4.78, 5) is 0. The number of allylic oxidation sites excluding steroid dienone is 1. The summed E-state index contributed by atoms with van der Waals surface area (Å²) in [5, 5.41) is 0. The third-order valence-electron chi connectivity index (χ3n) is 3.24. The van der Waals surface area contributed by atoms with E-state index in [4.69, 9.17) is 0 Å². The van der Waals surface area contributed by atoms with E-state index in [0.29, 0.717) is 0 Å². The van der Waals surface area contributed by atoms with Crippen LogP contribution in [0, 0.1) is 0 Å². The highest BCUT2D eigenvalue weighted by Gasteiger charge is 2.11. The number of hydrogen-bond donors (Lipinski definition) is 0. The van der Waals surface area contributed by atoms with Crippen LogP contribution in [-0.2, 0) is 6.42 Å². The molecule has 0 atom stereocenters. The van der Waals surface area contributed by atoms with E-state index >= 15 is 0 Å². The van der Waals surface area contributed by atoms with E-state index in [2.05, 4.69) is 47.1 Å². The summed E-state index contributed by atoms with van der Waals surface area (Å²) in [6.45, 7) is 2.27. The Morgan fingerprint density at radius 2 is 2.06 bits per heavy atom. The van der Waals surface area contributed by atoms with Crippen molar-refractivity contribution in [2.75, 3.05) is 0 Å².